The van der Waals surface area contributed by atoms with Gasteiger partial charge in [0.15, 0.2) is 5.82 Å². The van der Waals surface area contributed by atoms with Crippen LogP contribution in [0.4, 0.5) is 5.82 Å². The molecule has 0 bridgehead atoms. The van der Waals surface area contributed by atoms with Gasteiger partial charge in [0.1, 0.15) is 0 Å². The van der Waals surface area contributed by atoms with Crippen molar-refractivity contribution in [1.29, 1.82) is 0 Å². The SMILES string of the molecule is CC(C)Cc1ccc(S(=O)(=O)Nc2ccn(Cc3ccc(Br)cc3)n2)cc1. The number of benzene rings is 2. The number of hydrogen-bond acceptors (Lipinski definition) is 3. The van der Waals surface area contributed by atoms with Crippen molar-refractivity contribution < 1.29 is 8.42 Å². The fourth-order valence-corrected chi connectivity index (χ4v) is 4.01. The summed E-state index contributed by atoms with van der Waals surface area (Å²) < 4.78 is 30.4. The van der Waals surface area contributed by atoms with E-state index in [4.69, 9.17) is 0 Å². The van der Waals surface area contributed by atoms with Gasteiger partial charge < -0.3 is 0 Å². The summed E-state index contributed by atoms with van der Waals surface area (Å²) >= 11 is 3.41. The van der Waals surface area contributed by atoms with E-state index in [0.29, 0.717) is 18.3 Å². The van der Waals surface area contributed by atoms with Crippen molar-refractivity contribution in [3.63, 3.8) is 0 Å². The number of hydrogen-bond donors (Lipinski definition) is 1. The number of nitrogens with one attached hydrogen (secondary N) is 1. The molecule has 0 saturated carbocycles. The number of nitrogens with zero attached hydrogens (tertiary/aromatic N) is 2. The molecule has 0 spiro atoms. The largest absolute Gasteiger partial charge is 0.266 e. The Balaban J connectivity index is 1.69. The first-order valence-corrected chi connectivity index (χ1v) is 11.0. The molecule has 142 valence electrons. The van der Waals surface area contributed by atoms with Crippen LogP contribution in [0.3, 0.4) is 0 Å². The van der Waals surface area contributed by atoms with Crippen LogP contribution >= 0.6 is 15.9 Å². The van der Waals surface area contributed by atoms with Gasteiger partial charge in [-0.15, -0.1) is 0 Å². The number of anilines is 1. The molecule has 7 heteroatoms. The van der Waals surface area contributed by atoms with Crippen LogP contribution in [0.1, 0.15) is 25.0 Å². The molecule has 0 saturated heterocycles. The van der Waals surface area contributed by atoms with Gasteiger partial charge in [-0.1, -0.05) is 54.0 Å². The first kappa shape index (κ1) is 19.6. The van der Waals surface area contributed by atoms with Crippen molar-refractivity contribution in [2.75, 3.05) is 4.72 Å². The number of halogens is 1. The molecule has 5 nitrogen and oxygen atoms in total. The maximum atomic E-state index is 12.6. The molecule has 2 aromatic carbocycles. The average Bonchev–Trinajstić information content (AvgIpc) is 3.03. The van der Waals surface area contributed by atoms with Gasteiger partial charge in [-0.2, -0.15) is 5.10 Å². The number of aromatic nitrogens is 2. The van der Waals surface area contributed by atoms with Crippen molar-refractivity contribution in [3.8, 4) is 0 Å². The number of sulfonamides is 1. The molecule has 27 heavy (non-hydrogen) atoms. The molecule has 0 amide bonds. The summed E-state index contributed by atoms with van der Waals surface area (Å²) in [6, 6.07) is 16.6. The van der Waals surface area contributed by atoms with Crippen LogP contribution in [0.5, 0.6) is 0 Å². The molecular weight excluding hydrogens is 426 g/mol. The van der Waals surface area contributed by atoms with E-state index in [9.17, 15) is 8.42 Å². The molecule has 0 fully saturated rings. The summed E-state index contributed by atoms with van der Waals surface area (Å²) in [5.74, 6) is 0.832. The fourth-order valence-electron chi connectivity index (χ4n) is 2.75. The van der Waals surface area contributed by atoms with Gasteiger partial charge in [0.25, 0.3) is 10.0 Å². The lowest BCUT2D eigenvalue weighted by Gasteiger charge is -2.08. The lowest BCUT2D eigenvalue weighted by molar-refractivity contribution is 0.600. The minimum atomic E-state index is -3.66. The molecule has 3 rings (SSSR count). The third-order valence-electron chi connectivity index (χ3n) is 4.02. The standard InChI is InChI=1S/C20H22BrN3O2S/c1-15(2)13-16-5-9-19(10-6-16)27(25,26)23-20-11-12-24(22-20)14-17-3-7-18(21)8-4-17/h3-12,15H,13-14H2,1-2H3,(H,22,23). The highest BCUT2D eigenvalue weighted by Crippen LogP contribution is 2.17. The maximum absolute atomic E-state index is 12.6. The second-order valence-corrected chi connectivity index (χ2v) is 9.47. The lowest BCUT2D eigenvalue weighted by Crippen LogP contribution is -2.14. The quantitative estimate of drug-likeness (QED) is 0.570. The van der Waals surface area contributed by atoms with Gasteiger partial charge in [0.2, 0.25) is 0 Å². The van der Waals surface area contributed by atoms with Gasteiger partial charge in [-0.05, 0) is 47.7 Å². The Hall–Kier alpha value is -2.12. The summed E-state index contributed by atoms with van der Waals surface area (Å²) in [4.78, 5) is 0.234. The molecule has 0 aliphatic rings. The van der Waals surface area contributed by atoms with Crippen LogP contribution in [-0.4, -0.2) is 18.2 Å². The molecule has 0 unspecified atom stereocenters. The second kappa shape index (κ2) is 8.27. The Kier molecular flexibility index (Phi) is 6.01. The Bertz CT molecular complexity index is 994. The topological polar surface area (TPSA) is 64.0 Å². The molecule has 0 aliphatic heterocycles. The molecular formula is C20H22BrN3O2S. The van der Waals surface area contributed by atoms with E-state index < -0.39 is 10.0 Å². The molecule has 1 N–H and O–H groups in total. The van der Waals surface area contributed by atoms with Gasteiger partial charge in [-0.3, -0.25) is 9.40 Å². The minimum absolute atomic E-state index is 0.234. The van der Waals surface area contributed by atoms with Crippen LogP contribution < -0.4 is 4.72 Å². The van der Waals surface area contributed by atoms with Crippen LogP contribution in [-0.2, 0) is 23.0 Å². The molecule has 1 aromatic heterocycles. The lowest BCUT2D eigenvalue weighted by atomic mass is 10.0. The summed E-state index contributed by atoms with van der Waals surface area (Å²) in [7, 11) is -3.66. The van der Waals surface area contributed by atoms with E-state index in [1.807, 2.05) is 36.4 Å². The fraction of sp³-hybridized carbons (Fsp3) is 0.250. The van der Waals surface area contributed by atoms with E-state index in [1.165, 1.54) is 0 Å². The van der Waals surface area contributed by atoms with Gasteiger partial charge in [-0.25, -0.2) is 8.42 Å². The van der Waals surface area contributed by atoms with E-state index >= 15 is 0 Å². The highest BCUT2D eigenvalue weighted by atomic mass is 79.9. The predicted octanol–water partition coefficient (Wildman–Crippen LogP) is 4.69. The van der Waals surface area contributed by atoms with E-state index in [1.54, 1.807) is 29.1 Å². The highest BCUT2D eigenvalue weighted by molar-refractivity contribution is 9.10. The Morgan fingerprint density at radius 1 is 1.00 bits per heavy atom. The average molecular weight is 448 g/mol. The van der Waals surface area contributed by atoms with Crippen LogP contribution in [0.15, 0.2) is 70.2 Å². The van der Waals surface area contributed by atoms with Gasteiger partial charge in [0.05, 0.1) is 11.4 Å². The van der Waals surface area contributed by atoms with E-state index in [0.717, 1.165) is 22.0 Å². The molecule has 0 radical (unpaired) electrons. The molecule has 3 aromatic rings. The molecule has 0 aliphatic carbocycles. The van der Waals surface area contributed by atoms with Crippen molar-refractivity contribution in [2.45, 2.75) is 31.7 Å². The number of rotatable bonds is 7. The zero-order valence-electron chi connectivity index (χ0n) is 15.3. The summed E-state index contributed by atoms with van der Waals surface area (Å²) in [6.07, 6.45) is 2.68. The van der Waals surface area contributed by atoms with E-state index in [-0.39, 0.29) is 4.90 Å². The Morgan fingerprint density at radius 3 is 2.26 bits per heavy atom. The molecule has 0 atom stereocenters. The van der Waals surface area contributed by atoms with Gasteiger partial charge >= 0.3 is 0 Å². The second-order valence-electron chi connectivity index (χ2n) is 6.87. The minimum Gasteiger partial charge on any atom is -0.266 e. The smallest absolute Gasteiger partial charge is 0.263 e. The Labute approximate surface area is 168 Å². The van der Waals surface area contributed by atoms with Crippen LogP contribution in [0.25, 0.3) is 0 Å². The predicted molar refractivity (Wildman–Crippen MR) is 111 cm³/mol. The van der Waals surface area contributed by atoms with Crippen LogP contribution in [0.2, 0.25) is 0 Å². The monoisotopic (exact) mass is 447 g/mol. The maximum Gasteiger partial charge on any atom is 0.263 e. The van der Waals surface area contributed by atoms with Gasteiger partial charge in [0, 0.05) is 16.7 Å². The van der Waals surface area contributed by atoms with E-state index in [2.05, 4.69) is 39.6 Å². The van der Waals surface area contributed by atoms with Crippen molar-refractivity contribution in [3.05, 3.63) is 76.4 Å². The van der Waals surface area contributed by atoms with Crippen LogP contribution in [0, 0.1) is 5.92 Å². The third kappa shape index (κ3) is 5.43. The summed E-state index contributed by atoms with van der Waals surface area (Å²) in [5.41, 5.74) is 2.21. The normalized spacial score (nSPS) is 11.7. The first-order valence-electron chi connectivity index (χ1n) is 8.71. The first-order chi connectivity index (χ1) is 12.8. The summed E-state index contributed by atoms with van der Waals surface area (Å²) in [5, 5.41) is 4.31. The zero-order valence-corrected chi connectivity index (χ0v) is 17.7. The van der Waals surface area contributed by atoms with Crippen molar-refractivity contribution in [2.24, 2.45) is 5.92 Å². The third-order valence-corrected chi connectivity index (χ3v) is 5.91. The summed E-state index contributed by atoms with van der Waals surface area (Å²) in [6.45, 7) is 4.84. The highest BCUT2D eigenvalue weighted by Gasteiger charge is 2.15. The zero-order chi connectivity index (χ0) is 19.4. The van der Waals surface area contributed by atoms with Crippen molar-refractivity contribution in [1.82, 2.24) is 9.78 Å². The molecule has 1 heterocycles. The van der Waals surface area contributed by atoms with Crippen molar-refractivity contribution >= 4 is 31.8 Å². The Morgan fingerprint density at radius 2 is 1.63 bits per heavy atom.